The van der Waals surface area contributed by atoms with Crippen molar-refractivity contribution in [1.82, 2.24) is 5.32 Å². The highest BCUT2D eigenvalue weighted by atomic mass is 16.5. The molecule has 1 N–H and O–H groups in total. The lowest BCUT2D eigenvalue weighted by Crippen LogP contribution is -2.28. The van der Waals surface area contributed by atoms with Gasteiger partial charge in [-0.2, -0.15) is 0 Å². The maximum absolute atomic E-state index is 11.8. The number of benzene rings is 1. The van der Waals surface area contributed by atoms with Crippen LogP contribution in [0, 0.1) is 0 Å². The van der Waals surface area contributed by atoms with Gasteiger partial charge in [0, 0.05) is 6.04 Å². The standard InChI is InChI=1S/C15H19NO5/c1-19-14(17)10-5-6-13(12(8-10)15(18)20-2)21-9-11-4-3-7-16-11/h5-6,8,11,16H,3-4,7,9H2,1-2H3/t11-/m0/s1. The first-order valence-corrected chi connectivity index (χ1v) is 6.82. The van der Waals surface area contributed by atoms with Crippen LogP contribution in [0.1, 0.15) is 33.6 Å². The molecule has 0 aromatic heterocycles. The fraction of sp³-hybridized carbons (Fsp3) is 0.467. The van der Waals surface area contributed by atoms with E-state index in [0.717, 1.165) is 19.4 Å². The summed E-state index contributed by atoms with van der Waals surface area (Å²) in [6, 6.07) is 4.87. The molecule has 1 aromatic rings. The van der Waals surface area contributed by atoms with Crippen LogP contribution in [-0.4, -0.2) is 45.4 Å². The average molecular weight is 293 g/mol. The Morgan fingerprint density at radius 1 is 1.24 bits per heavy atom. The fourth-order valence-electron chi connectivity index (χ4n) is 2.26. The van der Waals surface area contributed by atoms with Crippen molar-refractivity contribution in [2.24, 2.45) is 0 Å². The van der Waals surface area contributed by atoms with Crippen LogP contribution in [0.15, 0.2) is 18.2 Å². The Bertz CT molecular complexity index is 523. The van der Waals surface area contributed by atoms with Gasteiger partial charge in [0.2, 0.25) is 0 Å². The number of esters is 2. The Balaban J connectivity index is 2.17. The highest BCUT2D eigenvalue weighted by molar-refractivity contribution is 5.97. The lowest BCUT2D eigenvalue weighted by atomic mass is 10.1. The Morgan fingerprint density at radius 2 is 2.00 bits per heavy atom. The molecular weight excluding hydrogens is 274 g/mol. The summed E-state index contributed by atoms with van der Waals surface area (Å²) in [6.45, 7) is 1.46. The topological polar surface area (TPSA) is 73.9 Å². The summed E-state index contributed by atoms with van der Waals surface area (Å²) < 4.78 is 15.1. The minimum absolute atomic E-state index is 0.221. The molecule has 0 bridgehead atoms. The van der Waals surface area contributed by atoms with E-state index in [1.807, 2.05) is 0 Å². The minimum Gasteiger partial charge on any atom is -0.491 e. The summed E-state index contributed by atoms with van der Waals surface area (Å²) in [5, 5.41) is 3.31. The number of ether oxygens (including phenoxy) is 3. The van der Waals surface area contributed by atoms with E-state index in [2.05, 4.69) is 10.1 Å². The molecule has 114 valence electrons. The van der Waals surface area contributed by atoms with Crippen molar-refractivity contribution in [3.63, 3.8) is 0 Å². The summed E-state index contributed by atoms with van der Waals surface area (Å²) in [5.41, 5.74) is 0.502. The van der Waals surface area contributed by atoms with Crippen LogP contribution in [0.3, 0.4) is 0 Å². The summed E-state index contributed by atoms with van der Waals surface area (Å²) in [4.78, 5) is 23.4. The van der Waals surface area contributed by atoms with E-state index in [9.17, 15) is 9.59 Å². The van der Waals surface area contributed by atoms with Gasteiger partial charge in [-0.3, -0.25) is 0 Å². The van der Waals surface area contributed by atoms with Gasteiger partial charge in [0.1, 0.15) is 17.9 Å². The third kappa shape index (κ3) is 3.72. The molecule has 21 heavy (non-hydrogen) atoms. The number of hydrogen-bond donors (Lipinski definition) is 1. The van der Waals surface area contributed by atoms with E-state index in [0.29, 0.717) is 12.4 Å². The second-order valence-electron chi connectivity index (χ2n) is 4.80. The van der Waals surface area contributed by atoms with Gasteiger partial charge < -0.3 is 19.5 Å². The van der Waals surface area contributed by atoms with Gasteiger partial charge >= 0.3 is 11.9 Å². The highest BCUT2D eigenvalue weighted by Crippen LogP contribution is 2.22. The monoisotopic (exact) mass is 293 g/mol. The molecule has 0 amide bonds. The molecule has 6 heteroatoms. The summed E-state index contributed by atoms with van der Waals surface area (Å²) in [6.07, 6.45) is 2.17. The second-order valence-corrected chi connectivity index (χ2v) is 4.80. The summed E-state index contributed by atoms with van der Waals surface area (Å²) in [7, 11) is 2.58. The molecule has 1 aliphatic heterocycles. The zero-order valence-electron chi connectivity index (χ0n) is 12.2. The average Bonchev–Trinajstić information content (AvgIpc) is 3.04. The highest BCUT2D eigenvalue weighted by Gasteiger charge is 2.19. The van der Waals surface area contributed by atoms with Crippen LogP contribution in [0.2, 0.25) is 0 Å². The van der Waals surface area contributed by atoms with Crippen molar-refractivity contribution < 1.29 is 23.8 Å². The Kier molecular flexibility index (Phi) is 5.16. The predicted molar refractivity (Wildman–Crippen MR) is 75.6 cm³/mol. The molecular formula is C15H19NO5. The molecule has 0 spiro atoms. The normalized spacial score (nSPS) is 17.3. The third-order valence-electron chi connectivity index (χ3n) is 3.41. The van der Waals surface area contributed by atoms with Gasteiger partial charge in [0.25, 0.3) is 0 Å². The first kappa shape index (κ1) is 15.3. The number of methoxy groups -OCH3 is 2. The van der Waals surface area contributed by atoms with Crippen LogP contribution in [0.4, 0.5) is 0 Å². The predicted octanol–water partition coefficient (Wildman–Crippen LogP) is 1.39. The third-order valence-corrected chi connectivity index (χ3v) is 3.41. The van der Waals surface area contributed by atoms with Crippen molar-refractivity contribution >= 4 is 11.9 Å². The van der Waals surface area contributed by atoms with Crippen LogP contribution in [0.5, 0.6) is 5.75 Å². The molecule has 0 unspecified atom stereocenters. The molecule has 1 aromatic carbocycles. The van der Waals surface area contributed by atoms with Crippen LogP contribution in [-0.2, 0) is 9.47 Å². The molecule has 2 rings (SSSR count). The Morgan fingerprint density at radius 3 is 2.62 bits per heavy atom. The van der Waals surface area contributed by atoms with Crippen molar-refractivity contribution in [1.29, 1.82) is 0 Å². The molecule has 1 aliphatic rings. The van der Waals surface area contributed by atoms with Crippen molar-refractivity contribution in [3.8, 4) is 5.75 Å². The van der Waals surface area contributed by atoms with E-state index < -0.39 is 11.9 Å². The molecule has 1 saturated heterocycles. The van der Waals surface area contributed by atoms with E-state index in [1.165, 1.54) is 20.3 Å². The van der Waals surface area contributed by atoms with Crippen LogP contribution < -0.4 is 10.1 Å². The lowest BCUT2D eigenvalue weighted by Gasteiger charge is -2.15. The molecule has 0 aliphatic carbocycles. The summed E-state index contributed by atoms with van der Waals surface area (Å²) >= 11 is 0. The largest absolute Gasteiger partial charge is 0.491 e. The zero-order chi connectivity index (χ0) is 15.2. The maximum Gasteiger partial charge on any atom is 0.341 e. The smallest absolute Gasteiger partial charge is 0.341 e. The number of rotatable bonds is 5. The van der Waals surface area contributed by atoms with Crippen LogP contribution in [0.25, 0.3) is 0 Å². The number of hydrogen-bond acceptors (Lipinski definition) is 6. The zero-order valence-corrected chi connectivity index (χ0v) is 12.2. The van der Waals surface area contributed by atoms with Crippen molar-refractivity contribution in [2.45, 2.75) is 18.9 Å². The van der Waals surface area contributed by atoms with E-state index in [1.54, 1.807) is 12.1 Å². The van der Waals surface area contributed by atoms with Gasteiger partial charge in [0.15, 0.2) is 0 Å². The lowest BCUT2D eigenvalue weighted by molar-refractivity contribution is 0.0595. The Hall–Kier alpha value is -2.08. The van der Waals surface area contributed by atoms with Gasteiger partial charge in [-0.1, -0.05) is 0 Å². The number of nitrogens with one attached hydrogen (secondary N) is 1. The molecule has 1 atom stereocenters. The molecule has 1 heterocycles. The van der Waals surface area contributed by atoms with E-state index >= 15 is 0 Å². The molecule has 0 saturated carbocycles. The quantitative estimate of drug-likeness (QED) is 0.827. The molecule has 6 nitrogen and oxygen atoms in total. The first-order chi connectivity index (χ1) is 10.2. The van der Waals surface area contributed by atoms with Gasteiger partial charge in [-0.25, -0.2) is 9.59 Å². The van der Waals surface area contributed by atoms with Gasteiger partial charge in [-0.15, -0.1) is 0 Å². The fourth-order valence-corrected chi connectivity index (χ4v) is 2.26. The molecule has 1 fully saturated rings. The first-order valence-electron chi connectivity index (χ1n) is 6.82. The van der Waals surface area contributed by atoms with Crippen molar-refractivity contribution in [3.05, 3.63) is 29.3 Å². The Labute approximate surface area is 123 Å². The van der Waals surface area contributed by atoms with Crippen molar-refractivity contribution in [2.75, 3.05) is 27.4 Å². The van der Waals surface area contributed by atoms with Gasteiger partial charge in [0.05, 0.1) is 19.8 Å². The number of carbonyl (C=O) groups excluding carboxylic acids is 2. The minimum atomic E-state index is -0.546. The number of carbonyl (C=O) groups is 2. The van der Waals surface area contributed by atoms with Crippen LogP contribution >= 0.6 is 0 Å². The SMILES string of the molecule is COC(=O)c1ccc(OC[C@@H]2CCCN2)c(C(=O)OC)c1. The summed E-state index contributed by atoms with van der Waals surface area (Å²) in [5.74, 6) is -0.650. The van der Waals surface area contributed by atoms with Gasteiger partial charge in [-0.05, 0) is 37.6 Å². The molecule has 0 radical (unpaired) electrons. The second kappa shape index (κ2) is 7.08. The maximum atomic E-state index is 11.8. The van der Waals surface area contributed by atoms with E-state index in [4.69, 9.17) is 9.47 Å². The van der Waals surface area contributed by atoms with E-state index in [-0.39, 0.29) is 17.2 Å².